The minimum Gasteiger partial charge on any atom is -0.497 e. The Labute approximate surface area is 193 Å². The van der Waals surface area contributed by atoms with Crippen molar-refractivity contribution in [3.05, 3.63) is 94.5 Å². The summed E-state index contributed by atoms with van der Waals surface area (Å²) in [5.74, 6) is 2.37. The maximum atomic E-state index is 6.22. The molecule has 0 atom stereocenters. The third kappa shape index (κ3) is 6.53. The summed E-state index contributed by atoms with van der Waals surface area (Å²) in [5, 5.41) is 3.45. The van der Waals surface area contributed by atoms with Crippen LogP contribution in [0.2, 0.25) is 0 Å². The van der Waals surface area contributed by atoms with Crippen LogP contribution in [-0.2, 0) is 19.6 Å². The van der Waals surface area contributed by atoms with Crippen LogP contribution in [0.25, 0.3) is 0 Å². The van der Waals surface area contributed by atoms with E-state index in [-0.39, 0.29) is 0 Å². The molecule has 3 rings (SSSR count). The van der Waals surface area contributed by atoms with Crippen LogP contribution < -0.4 is 19.5 Å². The summed E-state index contributed by atoms with van der Waals surface area (Å²) in [6.45, 7) is 7.60. The van der Waals surface area contributed by atoms with Gasteiger partial charge < -0.3 is 19.5 Å². The number of allylic oxidation sites excluding steroid dienone is 1. The molecule has 31 heavy (non-hydrogen) atoms. The highest BCUT2D eigenvalue weighted by atomic mass is 79.9. The Hall–Kier alpha value is -2.92. The minimum absolute atomic E-state index is 0.473. The second-order valence-electron chi connectivity index (χ2n) is 7.01. The lowest BCUT2D eigenvalue weighted by Crippen LogP contribution is -2.06. The summed E-state index contributed by atoms with van der Waals surface area (Å²) < 4.78 is 18.4. The van der Waals surface area contributed by atoms with Gasteiger partial charge in [0.2, 0.25) is 0 Å². The molecule has 0 bridgehead atoms. The van der Waals surface area contributed by atoms with Crippen molar-refractivity contribution in [1.82, 2.24) is 0 Å². The van der Waals surface area contributed by atoms with Gasteiger partial charge in [-0.3, -0.25) is 0 Å². The fourth-order valence-electron chi connectivity index (χ4n) is 3.21. The highest BCUT2D eigenvalue weighted by Crippen LogP contribution is 2.35. The Morgan fingerprint density at radius 3 is 2.35 bits per heavy atom. The van der Waals surface area contributed by atoms with Gasteiger partial charge in [0.15, 0.2) is 11.5 Å². The molecule has 0 unspecified atom stereocenters. The Morgan fingerprint density at radius 2 is 1.71 bits per heavy atom. The van der Waals surface area contributed by atoms with E-state index in [2.05, 4.69) is 33.9 Å². The van der Waals surface area contributed by atoms with Gasteiger partial charge in [0.25, 0.3) is 0 Å². The van der Waals surface area contributed by atoms with Gasteiger partial charge in [0.1, 0.15) is 12.4 Å². The molecule has 0 saturated heterocycles. The molecule has 0 aromatic heterocycles. The van der Waals surface area contributed by atoms with Crippen molar-refractivity contribution in [2.24, 2.45) is 0 Å². The highest BCUT2D eigenvalue weighted by Gasteiger charge is 2.14. The number of hydrogen-bond acceptors (Lipinski definition) is 4. The lowest BCUT2D eigenvalue weighted by atomic mass is 10.0. The zero-order valence-electron chi connectivity index (χ0n) is 18.0. The summed E-state index contributed by atoms with van der Waals surface area (Å²) >= 11 is 3.47. The van der Waals surface area contributed by atoms with Gasteiger partial charge in [-0.15, -0.1) is 6.58 Å². The van der Waals surface area contributed by atoms with E-state index in [4.69, 9.17) is 14.2 Å². The summed E-state index contributed by atoms with van der Waals surface area (Å²) in [7, 11) is 1.67. The molecule has 3 aromatic rings. The summed E-state index contributed by atoms with van der Waals surface area (Å²) in [5.41, 5.74) is 4.30. The van der Waals surface area contributed by atoms with Crippen LogP contribution in [0.5, 0.6) is 17.2 Å². The number of halogens is 1. The normalized spacial score (nSPS) is 10.4. The Morgan fingerprint density at radius 1 is 0.968 bits per heavy atom. The van der Waals surface area contributed by atoms with E-state index in [1.165, 1.54) is 0 Å². The largest absolute Gasteiger partial charge is 0.497 e. The van der Waals surface area contributed by atoms with Crippen LogP contribution in [0.4, 0.5) is 5.69 Å². The van der Waals surface area contributed by atoms with E-state index in [1.54, 1.807) is 7.11 Å². The molecule has 0 aliphatic heterocycles. The first-order valence-corrected chi connectivity index (χ1v) is 11.1. The van der Waals surface area contributed by atoms with E-state index in [0.717, 1.165) is 44.1 Å². The predicted octanol–water partition coefficient (Wildman–Crippen LogP) is 6.78. The first kappa shape index (κ1) is 22.8. The minimum atomic E-state index is 0.473. The molecule has 162 valence electrons. The van der Waals surface area contributed by atoms with Gasteiger partial charge in [-0.25, -0.2) is 0 Å². The topological polar surface area (TPSA) is 39.7 Å². The van der Waals surface area contributed by atoms with E-state index in [0.29, 0.717) is 26.2 Å². The third-order valence-electron chi connectivity index (χ3n) is 4.74. The van der Waals surface area contributed by atoms with Crippen LogP contribution >= 0.6 is 15.9 Å². The molecular formula is C26H28BrNO3. The smallest absolute Gasteiger partial charge is 0.165 e. The summed E-state index contributed by atoms with van der Waals surface area (Å²) in [6, 6.07) is 20.2. The molecule has 0 radical (unpaired) electrons. The van der Waals surface area contributed by atoms with Crippen LogP contribution in [0.15, 0.2) is 77.8 Å². The number of methoxy groups -OCH3 is 1. The summed E-state index contributed by atoms with van der Waals surface area (Å²) in [6.07, 6.45) is 2.59. The molecule has 5 heteroatoms. The standard InChI is InChI=1S/C26H28BrNO3/c1-4-6-21-15-20(17-28-23-11-13-24(29-3)14-12-23)16-25(30-5-2)26(21)31-18-19-7-9-22(27)10-8-19/h4,7-16,28H,1,5-6,17-18H2,2-3H3. The Balaban J connectivity index is 1.80. The number of anilines is 1. The molecule has 0 amide bonds. The van der Waals surface area contributed by atoms with Gasteiger partial charge in [0, 0.05) is 22.3 Å². The van der Waals surface area contributed by atoms with Crippen molar-refractivity contribution >= 4 is 21.6 Å². The number of rotatable bonds is 11. The lowest BCUT2D eigenvalue weighted by Gasteiger charge is -2.18. The van der Waals surface area contributed by atoms with Crippen molar-refractivity contribution < 1.29 is 14.2 Å². The molecule has 0 aliphatic carbocycles. The second kappa shape index (κ2) is 11.5. The van der Waals surface area contributed by atoms with Gasteiger partial charge >= 0.3 is 0 Å². The average Bonchev–Trinajstić information content (AvgIpc) is 2.79. The number of benzene rings is 3. The van der Waals surface area contributed by atoms with Crippen molar-refractivity contribution in [3.8, 4) is 17.2 Å². The number of nitrogens with one attached hydrogen (secondary N) is 1. The van der Waals surface area contributed by atoms with E-state index in [1.807, 2.05) is 67.6 Å². The molecule has 0 fully saturated rings. The molecule has 0 aliphatic rings. The predicted molar refractivity (Wildman–Crippen MR) is 130 cm³/mol. The second-order valence-corrected chi connectivity index (χ2v) is 7.92. The first-order chi connectivity index (χ1) is 15.1. The van der Waals surface area contributed by atoms with Crippen molar-refractivity contribution in [1.29, 1.82) is 0 Å². The zero-order valence-corrected chi connectivity index (χ0v) is 19.6. The van der Waals surface area contributed by atoms with Gasteiger partial charge in [-0.05, 0) is 73.0 Å². The maximum Gasteiger partial charge on any atom is 0.165 e. The van der Waals surface area contributed by atoms with Crippen LogP contribution in [-0.4, -0.2) is 13.7 Å². The van der Waals surface area contributed by atoms with E-state index < -0.39 is 0 Å². The fourth-order valence-corrected chi connectivity index (χ4v) is 3.47. The maximum absolute atomic E-state index is 6.22. The third-order valence-corrected chi connectivity index (χ3v) is 5.27. The number of hydrogen-bond donors (Lipinski definition) is 1. The molecule has 3 aromatic carbocycles. The first-order valence-electron chi connectivity index (χ1n) is 10.3. The van der Waals surface area contributed by atoms with Crippen LogP contribution in [0, 0.1) is 0 Å². The quantitative estimate of drug-likeness (QED) is 0.306. The van der Waals surface area contributed by atoms with E-state index >= 15 is 0 Å². The lowest BCUT2D eigenvalue weighted by molar-refractivity contribution is 0.267. The Kier molecular flexibility index (Phi) is 8.42. The molecule has 1 N–H and O–H groups in total. The molecule has 4 nitrogen and oxygen atoms in total. The SMILES string of the molecule is C=CCc1cc(CNc2ccc(OC)cc2)cc(OCC)c1OCc1ccc(Br)cc1. The molecule has 0 heterocycles. The summed E-state index contributed by atoms with van der Waals surface area (Å²) in [4.78, 5) is 0. The van der Waals surface area contributed by atoms with Crippen molar-refractivity contribution in [2.45, 2.75) is 26.5 Å². The van der Waals surface area contributed by atoms with E-state index in [9.17, 15) is 0 Å². The fraction of sp³-hybridized carbons (Fsp3) is 0.231. The zero-order chi connectivity index (χ0) is 22.1. The van der Waals surface area contributed by atoms with Crippen LogP contribution in [0.3, 0.4) is 0 Å². The molecule has 0 saturated carbocycles. The highest BCUT2D eigenvalue weighted by molar-refractivity contribution is 9.10. The van der Waals surface area contributed by atoms with Crippen molar-refractivity contribution in [2.75, 3.05) is 19.0 Å². The Bertz CT molecular complexity index is 985. The molecule has 0 spiro atoms. The van der Waals surface area contributed by atoms with Gasteiger partial charge in [-0.2, -0.15) is 0 Å². The molecular weight excluding hydrogens is 454 g/mol. The van der Waals surface area contributed by atoms with Crippen molar-refractivity contribution in [3.63, 3.8) is 0 Å². The average molecular weight is 482 g/mol. The van der Waals surface area contributed by atoms with Gasteiger partial charge in [0.05, 0.1) is 13.7 Å². The monoisotopic (exact) mass is 481 g/mol. The van der Waals surface area contributed by atoms with Gasteiger partial charge in [-0.1, -0.05) is 34.1 Å². The van der Waals surface area contributed by atoms with Crippen LogP contribution in [0.1, 0.15) is 23.6 Å². The number of ether oxygens (including phenoxy) is 3.